The second kappa shape index (κ2) is 5.80. The number of nitrogens with zero attached hydrogens (tertiary/aromatic N) is 2. The van der Waals surface area contributed by atoms with Crippen LogP contribution < -0.4 is 10.1 Å². The lowest BCUT2D eigenvalue weighted by Crippen LogP contribution is -2.07. The van der Waals surface area contributed by atoms with Crippen LogP contribution in [0.2, 0.25) is 5.02 Å². The van der Waals surface area contributed by atoms with E-state index in [1.165, 1.54) is 0 Å². The Kier molecular flexibility index (Phi) is 4.12. The molecule has 0 fully saturated rings. The van der Waals surface area contributed by atoms with Gasteiger partial charge < -0.3 is 10.1 Å². The average molecular weight is 264 g/mol. The van der Waals surface area contributed by atoms with E-state index in [0.29, 0.717) is 23.2 Å². The Morgan fingerprint density at radius 1 is 1.28 bits per heavy atom. The third-order valence-corrected chi connectivity index (χ3v) is 2.64. The van der Waals surface area contributed by atoms with Gasteiger partial charge in [0, 0.05) is 6.54 Å². The second-order valence-electron chi connectivity index (χ2n) is 3.91. The lowest BCUT2D eigenvalue weighted by molar-refractivity contribution is 0.459. The van der Waals surface area contributed by atoms with Gasteiger partial charge in [-0.3, -0.25) is 4.98 Å². The molecule has 0 bridgehead atoms. The van der Waals surface area contributed by atoms with E-state index in [4.69, 9.17) is 16.3 Å². The largest absolute Gasteiger partial charge is 0.436 e. The van der Waals surface area contributed by atoms with Gasteiger partial charge in [0.15, 0.2) is 0 Å². The molecule has 18 heavy (non-hydrogen) atoms. The first-order valence-electron chi connectivity index (χ1n) is 5.58. The number of aryl methyl sites for hydroxylation is 1. The van der Waals surface area contributed by atoms with Gasteiger partial charge in [-0.15, -0.1) is 0 Å². The first kappa shape index (κ1) is 12.8. The Labute approximate surface area is 111 Å². The van der Waals surface area contributed by atoms with Crippen molar-refractivity contribution in [2.24, 2.45) is 0 Å². The van der Waals surface area contributed by atoms with E-state index in [2.05, 4.69) is 15.3 Å². The Balaban J connectivity index is 2.13. The lowest BCUT2D eigenvalue weighted by atomic mass is 10.2. The topological polar surface area (TPSA) is 47.0 Å². The van der Waals surface area contributed by atoms with Crippen LogP contribution in [0.1, 0.15) is 11.3 Å². The van der Waals surface area contributed by atoms with Gasteiger partial charge >= 0.3 is 0 Å². The zero-order valence-corrected chi connectivity index (χ0v) is 11.0. The molecule has 1 N–H and O–H groups in total. The molecule has 2 aromatic rings. The molecule has 94 valence electrons. The summed E-state index contributed by atoms with van der Waals surface area (Å²) in [6.45, 7) is 2.65. The number of rotatable bonds is 4. The molecule has 5 heteroatoms. The van der Waals surface area contributed by atoms with Crippen LogP contribution in [-0.4, -0.2) is 17.0 Å². The molecule has 0 aliphatic rings. The molecule has 2 rings (SSSR count). The van der Waals surface area contributed by atoms with Gasteiger partial charge in [-0.1, -0.05) is 17.7 Å². The molecular formula is C13H14ClN3O. The molecule has 1 heterocycles. The smallest absolute Gasteiger partial charge is 0.237 e. The van der Waals surface area contributed by atoms with Crippen LogP contribution in [0.4, 0.5) is 0 Å². The monoisotopic (exact) mass is 263 g/mol. The summed E-state index contributed by atoms with van der Waals surface area (Å²) in [5.41, 5.74) is 1.95. The number of halogens is 1. The lowest BCUT2D eigenvalue weighted by Gasteiger charge is -2.07. The van der Waals surface area contributed by atoms with Gasteiger partial charge in [-0.25, -0.2) is 4.98 Å². The molecule has 0 atom stereocenters. The number of ether oxygens (including phenoxy) is 1. The third kappa shape index (κ3) is 3.18. The molecule has 0 saturated heterocycles. The Hall–Kier alpha value is -1.65. The SMILES string of the molecule is CNCc1cnc(Oc2ccc(C)cc2Cl)cn1. The fourth-order valence-electron chi connectivity index (χ4n) is 1.47. The zero-order chi connectivity index (χ0) is 13.0. The van der Waals surface area contributed by atoms with Crippen molar-refractivity contribution in [3.63, 3.8) is 0 Å². The number of aromatic nitrogens is 2. The third-order valence-electron chi connectivity index (χ3n) is 2.34. The summed E-state index contributed by atoms with van der Waals surface area (Å²) in [6, 6.07) is 5.60. The van der Waals surface area contributed by atoms with Crippen molar-refractivity contribution in [1.29, 1.82) is 0 Å². The molecule has 0 spiro atoms. The van der Waals surface area contributed by atoms with E-state index >= 15 is 0 Å². The normalized spacial score (nSPS) is 10.4. The maximum atomic E-state index is 6.08. The fourth-order valence-corrected chi connectivity index (χ4v) is 1.74. The predicted molar refractivity (Wildman–Crippen MR) is 71.1 cm³/mol. The molecule has 0 radical (unpaired) electrons. The summed E-state index contributed by atoms with van der Waals surface area (Å²) in [5, 5.41) is 3.57. The standard InChI is InChI=1S/C13H14ClN3O/c1-9-3-4-12(11(14)5-9)18-13-8-16-10(6-15-2)7-17-13/h3-5,7-8,15H,6H2,1-2H3. The number of hydrogen-bond acceptors (Lipinski definition) is 4. The number of hydrogen-bond donors (Lipinski definition) is 1. The fraction of sp³-hybridized carbons (Fsp3) is 0.231. The van der Waals surface area contributed by atoms with Crippen LogP contribution in [0.5, 0.6) is 11.6 Å². The zero-order valence-electron chi connectivity index (χ0n) is 10.3. The van der Waals surface area contributed by atoms with E-state index in [1.54, 1.807) is 12.4 Å². The van der Waals surface area contributed by atoms with E-state index in [-0.39, 0.29) is 0 Å². The Morgan fingerprint density at radius 3 is 2.72 bits per heavy atom. The van der Waals surface area contributed by atoms with Crippen LogP contribution in [0.15, 0.2) is 30.6 Å². The summed E-state index contributed by atoms with van der Waals surface area (Å²) in [7, 11) is 1.86. The molecule has 1 aromatic heterocycles. The molecule has 0 amide bonds. The first-order valence-corrected chi connectivity index (χ1v) is 5.96. The minimum Gasteiger partial charge on any atom is -0.436 e. The van der Waals surface area contributed by atoms with Crippen molar-refractivity contribution in [3.05, 3.63) is 46.9 Å². The van der Waals surface area contributed by atoms with Crippen LogP contribution in [0.25, 0.3) is 0 Å². The number of nitrogens with one attached hydrogen (secondary N) is 1. The van der Waals surface area contributed by atoms with Gasteiger partial charge in [0.2, 0.25) is 5.88 Å². The molecule has 4 nitrogen and oxygen atoms in total. The molecule has 0 saturated carbocycles. The summed E-state index contributed by atoms with van der Waals surface area (Å²) in [4.78, 5) is 8.39. The second-order valence-corrected chi connectivity index (χ2v) is 4.32. The van der Waals surface area contributed by atoms with Crippen molar-refractivity contribution < 1.29 is 4.74 Å². The van der Waals surface area contributed by atoms with Crippen molar-refractivity contribution >= 4 is 11.6 Å². The highest BCUT2D eigenvalue weighted by atomic mass is 35.5. The molecule has 0 unspecified atom stereocenters. The van der Waals surface area contributed by atoms with E-state index in [0.717, 1.165) is 11.3 Å². The van der Waals surface area contributed by atoms with Gasteiger partial charge in [-0.2, -0.15) is 0 Å². The average Bonchev–Trinajstić information content (AvgIpc) is 2.35. The highest BCUT2D eigenvalue weighted by Gasteiger charge is 2.04. The van der Waals surface area contributed by atoms with Crippen molar-refractivity contribution in [2.75, 3.05) is 7.05 Å². The molecule has 0 aliphatic heterocycles. The van der Waals surface area contributed by atoms with Gasteiger partial charge in [0.25, 0.3) is 0 Å². The minimum atomic E-state index is 0.431. The van der Waals surface area contributed by atoms with Crippen molar-refractivity contribution in [2.45, 2.75) is 13.5 Å². The summed E-state index contributed by atoms with van der Waals surface area (Å²) < 4.78 is 5.57. The highest BCUT2D eigenvalue weighted by Crippen LogP contribution is 2.28. The Bertz CT molecular complexity index is 528. The van der Waals surface area contributed by atoms with Crippen LogP contribution in [0, 0.1) is 6.92 Å². The first-order chi connectivity index (χ1) is 8.69. The maximum absolute atomic E-state index is 6.08. The minimum absolute atomic E-state index is 0.431. The molecule has 1 aromatic carbocycles. The van der Waals surface area contributed by atoms with E-state index in [1.807, 2.05) is 32.2 Å². The summed E-state index contributed by atoms with van der Waals surface area (Å²) in [6.07, 6.45) is 3.26. The molecular weight excluding hydrogens is 250 g/mol. The summed E-state index contributed by atoms with van der Waals surface area (Å²) >= 11 is 6.08. The van der Waals surface area contributed by atoms with Crippen molar-refractivity contribution in [3.8, 4) is 11.6 Å². The van der Waals surface area contributed by atoms with Crippen molar-refractivity contribution in [1.82, 2.24) is 15.3 Å². The van der Waals surface area contributed by atoms with Gasteiger partial charge in [0.05, 0.1) is 23.1 Å². The van der Waals surface area contributed by atoms with E-state index < -0.39 is 0 Å². The van der Waals surface area contributed by atoms with Gasteiger partial charge in [-0.05, 0) is 31.7 Å². The summed E-state index contributed by atoms with van der Waals surface area (Å²) in [5.74, 6) is 1.01. The molecule has 0 aliphatic carbocycles. The van der Waals surface area contributed by atoms with Crippen LogP contribution in [0.3, 0.4) is 0 Å². The predicted octanol–water partition coefficient (Wildman–Crippen LogP) is 2.95. The van der Waals surface area contributed by atoms with E-state index in [9.17, 15) is 0 Å². The number of benzene rings is 1. The Morgan fingerprint density at radius 2 is 2.11 bits per heavy atom. The highest BCUT2D eigenvalue weighted by molar-refractivity contribution is 6.32. The van der Waals surface area contributed by atoms with Gasteiger partial charge in [0.1, 0.15) is 5.75 Å². The quantitative estimate of drug-likeness (QED) is 0.921. The maximum Gasteiger partial charge on any atom is 0.237 e. The van der Waals surface area contributed by atoms with Crippen LogP contribution in [-0.2, 0) is 6.54 Å². The van der Waals surface area contributed by atoms with Crippen LogP contribution >= 0.6 is 11.6 Å².